The summed E-state index contributed by atoms with van der Waals surface area (Å²) < 4.78 is 92.7. The van der Waals surface area contributed by atoms with Crippen LogP contribution in [0, 0.1) is 22.7 Å². The smallest absolute Gasteiger partial charge is 0.326 e. The lowest BCUT2D eigenvalue weighted by Gasteiger charge is -2.34. The normalized spacial score (nSPS) is 17.2. The molecule has 2 aromatic rings. The van der Waals surface area contributed by atoms with Gasteiger partial charge in [-0.2, -0.15) is 41.2 Å². The summed E-state index contributed by atoms with van der Waals surface area (Å²) in [6, 6.07) is 7.94. The highest BCUT2D eigenvalue weighted by molar-refractivity contribution is 7.75. The second-order valence-electron chi connectivity index (χ2n) is 7.44. The van der Waals surface area contributed by atoms with Crippen molar-refractivity contribution in [3.63, 3.8) is 0 Å². The van der Waals surface area contributed by atoms with Crippen molar-refractivity contribution in [3.8, 4) is 12.1 Å². The largest absolute Gasteiger partial charge is 0.474 e. The van der Waals surface area contributed by atoms with Crippen LogP contribution in [-0.4, -0.2) is 22.3 Å². The second-order valence-corrected chi connectivity index (χ2v) is 8.67. The molecule has 3 amide bonds. The lowest BCUT2D eigenvalue weighted by Crippen LogP contribution is -2.46. The van der Waals surface area contributed by atoms with E-state index in [0.717, 1.165) is 29.2 Å². The molecule has 8 nitrogen and oxygen atoms in total. The Kier molecular flexibility index (Phi) is 7.32. The average molecular weight is 541 g/mol. The third kappa shape index (κ3) is 5.57. The molecule has 0 saturated heterocycles. The summed E-state index contributed by atoms with van der Waals surface area (Å²) in [4.78, 5) is 24.5. The van der Waals surface area contributed by atoms with Gasteiger partial charge < -0.3 is 5.32 Å². The Morgan fingerprint density at radius 1 is 1.08 bits per heavy atom. The summed E-state index contributed by atoms with van der Waals surface area (Å²) in [5.74, 6) is -2.64. The lowest BCUT2D eigenvalue weighted by atomic mass is 9.94. The van der Waals surface area contributed by atoms with E-state index in [-0.39, 0.29) is 28.1 Å². The molecular weight excluding hydrogens is 528 g/mol. The number of hydrogen-bond donors (Lipinski definition) is 2. The fourth-order valence-electron chi connectivity index (χ4n) is 3.47. The standard InChI is InChI=1S/C22H13F6N5O3S/c1-11-16(10-30)18(31-20(35)33(11)14-4-2-3-13(8-14)21(23,24)25)15-6-5-12(9-29)7-17(15)37(36)32-19(34)22(26,27)28/h2-8,18,37H,1H3,(H,31,35)/t18-/m1/s1. The summed E-state index contributed by atoms with van der Waals surface area (Å²) in [5, 5.41) is 21.3. The highest BCUT2D eigenvalue weighted by Crippen LogP contribution is 2.37. The van der Waals surface area contributed by atoms with Crippen molar-refractivity contribution >= 4 is 28.2 Å². The van der Waals surface area contributed by atoms with Gasteiger partial charge in [-0.15, -0.1) is 0 Å². The number of hydrogen-bond acceptors (Lipinski definition) is 5. The highest BCUT2D eigenvalue weighted by atomic mass is 32.2. The third-order valence-corrected chi connectivity index (χ3v) is 6.30. The third-order valence-electron chi connectivity index (χ3n) is 5.14. The Bertz CT molecular complexity index is 1490. The maximum absolute atomic E-state index is 13.2. The number of thiol groups is 1. The fraction of sp³-hybridized carbons (Fsp3) is 0.182. The van der Waals surface area contributed by atoms with E-state index in [4.69, 9.17) is 5.26 Å². The molecule has 3 rings (SSSR count). The number of nitrogens with zero attached hydrogens (tertiary/aromatic N) is 4. The lowest BCUT2D eigenvalue weighted by molar-refractivity contribution is -0.169. The van der Waals surface area contributed by atoms with Crippen LogP contribution in [0.3, 0.4) is 0 Å². The van der Waals surface area contributed by atoms with Gasteiger partial charge in [-0.3, -0.25) is 9.69 Å². The SMILES string of the molecule is CC1=C(C#N)[C@@H](c2ccc(C#N)cc2/[SH](=O)=N/C(=O)C(F)(F)F)NC(=O)N1c1cccc(C(F)(F)F)c1. The summed E-state index contributed by atoms with van der Waals surface area (Å²) in [6.07, 6.45) is -10.1. The zero-order valence-electron chi connectivity index (χ0n) is 18.3. The molecule has 0 aliphatic carbocycles. The van der Waals surface area contributed by atoms with Gasteiger partial charge in [-0.05, 0) is 42.8 Å². The Labute approximate surface area is 206 Å². The van der Waals surface area contributed by atoms with Crippen molar-refractivity contribution in [2.45, 2.75) is 30.2 Å². The van der Waals surface area contributed by atoms with Crippen molar-refractivity contribution in [2.24, 2.45) is 4.36 Å². The minimum atomic E-state index is -5.42. The molecule has 0 aromatic heterocycles. The van der Waals surface area contributed by atoms with Gasteiger partial charge >= 0.3 is 24.3 Å². The molecule has 1 N–H and O–H groups in total. The fourth-order valence-corrected chi connectivity index (χ4v) is 4.53. The summed E-state index contributed by atoms with van der Waals surface area (Å²) in [6.45, 7) is 1.26. The van der Waals surface area contributed by atoms with E-state index in [2.05, 4.69) is 9.68 Å². The van der Waals surface area contributed by atoms with Gasteiger partial charge in [-0.25, -0.2) is 9.00 Å². The number of halogens is 6. The van der Waals surface area contributed by atoms with Crippen LogP contribution in [0.15, 0.2) is 63.0 Å². The predicted molar refractivity (Wildman–Crippen MR) is 116 cm³/mol. The van der Waals surface area contributed by atoms with Crippen molar-refractivity contribution in [3.05, 3.63) is 70.4 Å². The Balaban J connectivity index is 2.18. The quantitative estimate of drug-likeness (QED) is 0.428. The van der Waals surface area contributed by atoms with Crippen LogP contribution in [-0.2, 0) is 21.6 Å². The number of anilines is 1. The number of amides is 3. The van der Waals surface area contributed by atoms with Gasteiger partial charge in [0, 0.05) is 5.70 Å². The van der Waals surface area contributed by atoms with Crippen LogP contribution < -0.4 is 10.2 Å². The first-order valence-electron chi connectivity index (χ1n) is 9.92. The van der Waals surface area contributed by atoms with E-state index in [0.29, 0.717) is 6.07 Å². The second kappa shape index (κ2) is 9.94. The van der Waals surface area contributed by atoms with E-state index in [1.165, 1.54) is 19.1 Å². The van der Waals surface area contributed by atoms with Crippen molar-refractivity contribution in [2.75, 3.05) is 4.90 Å². The molecule has 2 atom stereocenters. The Morgan fingerprint density at radius 3 is 2.32 bits per heavy atom. The van der Waals surface area contributed by atoms with Crippen LogP contribution in [0.2, 0.25) is 0 Å². The molecule has 1 heterocycles. The minimum absolute atomic E-state index is 0.121. The van der Waals surface area contributed by atoms with Gasteiger partial charge in [0.05, 0.1) is 56.1 Å². The van der Waals surface area contributed by atoms with E-state index in [1.807, 2.05) is 0 Å². The number of carbonyl (C=O) groups is 2. The molecule has 192 valence electrons. The van der Waals surface area contributed by atoms with Crippen LogP contribution >= 0.6 is 0 Å². The van der Waals surface area contributed by atoms with Crippen molar-refractivity contribution < 1.29 is 40.1 Å². The number of benzene rings is 2. The van der Waals surface area contributed by atoms with E-state index in [9.17, 15) is 45.4 Å². The topological polar surface area (TPSA) is 126 Å². The van der Waals surface area contributed by atoms with Crippen molar-refractivity contribution in [1.29, 1.82) is 10.5 Å². The number of carbonyl (C=O) groups excluding carboxylic acids is 2. The first-order valence-corrected chi connectivity index (χ1v) is 11.1. The maximum atomic E-state index is 13.2. The molecule has 1 aliphatic heterocycles. The molecule has 0 spiro atoms. The van der Waals surface area contributed by atoms with Gasteiger partial charge in [0.25, 0.3) is 0 Å². The number of urea groups is 1. The maximum Gasteiger partial charge on any atom is 0.474 e. The summed E-state index contributed by atoms with van der Waals surface area (Å²) in [5.41, 5.74) is -2.03. The van der Waals surface area contributed by atoms with Crippen LogP contribution in [0.1, 0.15) is 29.7 Å². The monoisotopic (exact) mass is 541 g/mol. The predicted octanol–water partition coefficient (Wildman–Crippen LogP) is 4.76. The zero-order valence-corrected chi connectivity index (χ0v) is 19.2. The molecule has 2 aromatic carbocycles. The van der Waals surface area contributed by atoms with Gasteiger partial charge in [-0.1, -0.05) is 12.1 Å². The van der Waals surface area contributed by atoms with E-state index in [1.54, 1.807) is 12.1 Å². The first-order chi connectivity index (χ1) is 17.2. The number of nitrogens with one attached hydrogen (secondary N) is 1. The van der Waals surface area contributed by atoms with Crippen LogP contribution in [0.5, 0.6) is 0 Å². The minimum Gasteiger partial charge on any atom is -0.326 e. The molecule has 1 unspecified atom stereocenters. The number of rotatable bonds is 3. The van der Waals surface area contributed by atoms with Crippen LogP contribution in [0.4, 0.5) is 36.8 Å². The molecular formula is C22H13F6N5O3S. The molecule has 0 fully saturated rings. The average Bonchev–Trinajstić information content (AvgIpc) is 2.82. The summed E-state index contributed by atoms with van der Waals surface area (Å²) in [7, 11) is -3.44. The molecule has 37 heavy (non-hydrogen) atoms. The molecule has 15 heteroatoms. The first kappa shape index (κ1) is 27.2. The molecule has 0 saturated carbocycles. The number of nitriles is 2. The van der Waals surface area contributed by atoms with Gasteiger partial charge in [0.1, 0.15) is 0 Å². The van der Waals surface area contributed by atoms with Crippen LogP contribution in [0.25, 0.3) is 0 Å². The van der Waals surface area contributed by atoms with Gasteiger partial charge in [0.2, 0.25) is 0 Å². The van der Waals surface area contributed by atoms with Crippen molar-refractivity contribution in [1.82, 2.24) is 5.32 Å². The zero-order chi connectivity index (χ0) is 27.7. The number of allylic oxidation sites excluding steroid dienone is 1. The van der Waals surface area contributed by atoms with E-state index >= 15 is 0 Å². The Morgan fingerprint density at radius 2 is 1.76 bits per heavy atom. The van der Waals surface area contributed by atoms with E-state index < -0.39 is 51.4 Å². The van der Waals surface area contributed by atoms with Gasteiger partial charge in [0.15, 0.2) is 0 Å². The molecule has 0 bridgehead atoms. The number of alkyl halides is 6. The molecule has 0 radical (unpaired) electrons. The summed E-state index contributed by atoms with van der Waals surface area (Å²) >= 11 is 0. The Hall–Kier alpha value is -4.37. The highest BCUT2D eigenvalue weighted by Gasteiger charge is 2.40. The molecule has 1 aliphatic rings.